The zero-order chi connectivity index (χ0) is 15.3. The van der Waals surface area contributed by atoms with Crippen molar-refractivity contribution in [3.8, 4) is 0 Å². The Morgan fingerprint density at radius 3 is 2.55 bits per heavy atom. The highest BCUT2D eigenvalue weighted by molar-refractivity contribution is 7.14. The van der Waals surface area contributed by atoms with Gasteiger partial charge in [-0.2, -0.15) is 0 Å². The van der Waals surface area contributed by atoms with E-state index in [1.165, 1.54) is 18.4 Å². The van der Waals surface area contributed by atoms with Gasteiger partial charge in [-0.15, -0.1) is 11.3 Å². The van der Waals surface area contributed by atoms with Crippen LogP contribution in [0.3, 0.4) is 0 Å². The normalized spacial score (nSPS) is 12.1. The number of carbonyl (C=O) groups is 2. The summed E-state index contributed by atoms with van der Waals surface area (Å²) in [5.41, 5.74) is 1.47. The van der Waals surface area contributed by atoms with Gasteiger partial charge in [0.15, 0.2) is 0 Å². The minimum atomic E-state index is -0.421. The van der Waals surface area contributed by atoms with Crippen LogP contribution < -0.4 is 10.6 Å². The topological polar surface area (TPSA) is 67.4 Å². The Morgan fingerprint density at radius 1 is 1.35 bits per heavy atom. The van der Waals surface area contributed by atoms with E-state index >= 15 is 0 Å². The molecule has 2 N–H and O–H groups in total. The zero-order valence-electron chi connectivity index (χ0n) is 12.6. The lowest BCUT2D eigenvalue weighted by atomic mass is 10.2. The molecule has 0 saturated carbocycles. The van der Waals surface area contributed by atoms with E-state index in [-0.39, 0.29) is 11.9 Å². The fraction of sp³-hybridized carbons (Fsp3) is 0.571. The largest absolute Gasteiger partial charge is 0.465 e. The summed E-state index contributed by atoms with van der Waals surface area (Å²) in [5, 5.41) is 5.95. The van der Waals surface area contributed by atoms with Gasteiger partial charge in [-0.1, -0.05) is 6.92 Å². The first-order valence-electron chi connectivity index (χ1n) is 6.64. The van der Waals surface area contributed by atoms with Crippen LogP contribution in [-0.4, -0.2) is 31.6 Å². The number of nitrogens with one attached hydrogen (secondary N) is 2. The van der Waals surface area contributed by atoms with Crippen LogP contribution in [0.4, 0.5) is 5.69 Å². The quantitative estimate of drug-likeness (QED) is 0.792. The van der Waals surface area contributed by atoms with E-state index in [4.69, 9.17) is 4.74 Å². The van der Waals surface area contributed by atoms with E-state index in [2.05, 4.69) is 10.6 Å². The first kappa shape index (κ1) is 16.7. The maximum Gasteiger partial charge on any atom is 0.350 e. The van der Waals surface area contributed by atoms with Gasteiger partial charge in [0.2, 0.25) is 5.91 Å². The van der Waals surface area contributed by atoms with E-state index in [0.717, 1.165) is 23.4 Å². The molecule has 5 nitrogen and oxygen atoms in total. The SMILES string of the molecule is CCCNC(C)C(=O)Nc1c(C(=O)OC)sc(C)c1C. The van der Waals surface area contributed by atoms with E-state index in [0.29, 0.717) is 10.6 Å². The predicted molar refractivity (Wildman–Crippen MR) is 81.5 cm³/mol. The van der Waals surface area contributed by atoms with Crippen molar-refractivity contribution in [2.75, 3.05) is 19.0 Å². The van der Waals surface area contributed by atoms with Crippen LogP contribution in [0.25, 0.3) is 0 Å². The van der Waals surface area contributed by atoms with Crippen molar-refractivity contribution in [1.82, 2.24) is 5.32 Å². The molecule has 0 saturated heterocycles. The summed E-state index contributed by atoms with van der Waals surface area (Å²) in [6, 6.07) is -0.306. The molecule has 0 radical (unpaired) electrons. The number of carbonyl (C=O) groups excluding carboxylic acids is 2. The molecule has 0 aliphatic heterocycles. The van der Waals surface area contributed by atoms with Gasteiger partial charge in [0.25, 0.3) is 0 Å². The number of hydrogen-bond acceptors (Lipinski definition) is 5. The molecule has 1 unspecified atom stereocenters. The third kappa shape index (κ3) is 3.80. The minimum Gasteiger partial charge on any atom is -0.465 e. The lowest BCUT2D eigenvalue weighted by Gasteiger charge is -2.14. The molecule has 20 heavy (non-hydrogen) atoms. The fourth-order valence-electron chi connectivity index (χ4n) is 1.70. The first-order chi connectivity index (χ1) is 9.42. The highest BCUT2D eigenvalue weighted by Crippen LogP contribution is 2.32. The molecule has 0 fully saturated rings. The summed E-state index contributed by atoms with van der Waals surface area (Å²) >= 11 is 1.34. The number of thiophene rings is 1. The van der Waals surface area contributed by atoms with Crippen molar-refractivity contribution in [3.63, 3.8) is 0 Å². The van der Waals surface area contributed by atoms with Crippen LogP contribution in [0.1, 0.15) is 40.4 Å². The van der Waals surface area contributed by atoms with Crippen molar-refractivity contribution >= 4 is 28.9 Å². The summed E-state index contributed by atoms with van der Waals surface area (Å²) in [4.78, 5) is 25.3. The second kappa shape index (κ2) is 7.40. The van der Waals surface area contributed by atoms with Crippen LogP contribution in [0.15, 0.2) is 0 Å². The molecule has 6 heteroatoms. The van der Waals surface area contributed by atoms with E-state index in [1.54, 1.807) is 6.92 Å². The summed E-state index contributed by atoms with van der Waals surface area (Å²) < 4.78 is 4.76. The number of rotatable bonds is 6. The minimum absolute atomic E-state index is 0.149. The molecular weight excluding hydrogens is 276 g/mol. The molecule has 1 aromatic rings. The van der Waals surface area contributed by atoms with Gasteiger partial charge in [-0.3, -0.25) is 4.79 Å². The Hall–Kier alpha value is -1.40. The molecule has 1 atom stereocenters. The van der Waals surface area contributed by atoms with E-state index in [9.17, 15) is 9.59 Å². The summed E-state index contributed by atoms with van der Waals surface area (Å²) in [5.74, 6) is -0.569. The first-order valence-corrected chi connectivity index (χ1v) is 7.46. The molecule has 1 aromatic heterocycles. The number of amides is 1. The molecule has 0 spiro atoms. The average molecular weight is 298 g/mol. The maximum absolute atomic E-state index is 12.1. The average Bonchev–Trinajstić information content (AvgIpc) is 2.72. The highest BCUT2D eigenvalue weighted by atomic mass is 32.1. The zero-order valence-corrected chi connectivity index (χ0v) is 13.4. The van der Waals surface area contributed by atoms with Crippen LogP contribution in [0, 0.1) is 13.8 Å². The number of ether oxygens (including phenoxy) is 1. The number of hydrogen-bond donors (Lipinski definition) is 2. The molecular formula is C14H22N2O3S. The number of anilines is 1. The Labute approximate surface area is 123 Å². The fourth-order valence-corrected chi connectivity index (χ4v) is 2.73. The van der Waals surface area contributed by atoms with Gasteiger partial charge >= 0.3 is 5.97 Å². The van der Waals surface area contributed by atoms with Gasteiger partial charge in [0.1, 0.15) is 4.88 Å². The molecule has 0 aliphatic carbocycles. The van der Waals surface area contributed by atoms with Gasteiger partial charge in [0.05, 0.1) is 18.8 Å². The van der Waals surface area contributed by atoms with E-state index in [1.807, 2.05) is 20.8 Å². The third-order valence-corrected chi connectivity index (χ3v) is 4.29. The van der Waals surface area contributed by atoms with Crippen molar-refractivity contribution in [2.45, 2.75) is 40.2 Å². The van der Waals surface area contributed by atoms with Gasteiger partial charge in [-0.25, -0.2) is 4.79 Å². The molecule has 1 rings (SSSR count). The number of methoxy groups -OCH3 is 1. The molecule has 0 bridgehead atoms. The number of esters is 1. The molecule has 0 aliphatic rings. The third-order valence-electron chi connectivity index (χ3n) is 3.10. The monoisotopic (exact) mass is 298 g/mol. The summed E-state index contributed by atoms with van der Waals surface area (Å²) in [6.45, 7) is 8.43. The van der Waals surface area contributed by atoms with Gasteiger partial charge < -0.3 is 15.4 Å². The predicted octanol–water partition coefficient (Wildman–Crippen LogP) is 2.48. The van der Waals surface area contributed by atoms with Crippen LogP contribution in [0.5, 0.6) is 0 Å². The molecule has 1 amide bonds. The van der Waals surface area contributed by atoms with Crippen LogP contribution in [0.2, 0.25) is 0 Å². The van der Waals surface area contributed by atoms with Crippen molar-refractivity contribution in [3.05, 3.63) is 15.3 Å². The Kier molecular flexibility index (Phi) is 6.16. The molecule has 112 valence electrons. The van der Waals surface area contributed by atoms with Gasteiger partial charge in [0, 0.05) is 4.88 Å². The van der Waals surface area contributed by atoms with Crippen LogP contribution >= 0.6 is 11.3 Å². The smallest absolute Gasteiger partial charge is 0.350 e. The second-order valence-electron chi connectivity index (χ2n) is 4.64. The van der Waals surface area contributed by atoms with Crippen molar-refractivity contribution in [2.24, 2.45) is 0 Å². The standard InChI is InChI=1S/C14H22N2O3S/c1-6-7-15-9(3)13(17)16-11-8(2)10(4)20-12(11)14(18)19-5/h9,15H,6-7H2,1-5H3,(H,16,17). The summed E-state index contributed by atoms with van der Waals surface area (Å²) in [7, 11) is 1.34. The van der Waals surface area contributed by atoms with Crippen LogP contribution in [-0.2, 0) is 9.53 Å². The lowest BCUT2D eigenvalue weighted by Crippen LogP contribution is -2.38. The number of aryl methyl sites for hydroxylation is 1. The Bertz CT molecular complexity index is 497. The van der Waals surface area contributed by atoms with Gasteiger partial charge in [-0.05, 0) is 39.3 Å². The Balaban J connectivity index is 2.91. The maximum atomic E-state index is 12.1. The lowest BCUT2D eigenvalue weighted by molar-refractivity contribution is -0.117. The second-order valence-corrected chi connectivity index (χ2v) is 5.87. The molecule has 0 aromatic carbocycles. The summed E-state index contributed by atoms with van der Waals surface area (Å²) in [6.07, 6.45) is 0.960. The molecule has 1 heterocycles. The van der Waals surface area contributed by atoms with E-state index < -0.39 is 5.97 Å². The van der Waals surface area contributed by atoms with Crippen molar-refractivity contribution < 1.29 is 14.3 Å². The highest BCUT2D eigenvalue weighted by Gasteiger charge is 2.22. The Morgan fingerprint density at radius 2 is 2.00 bits per heavy atom. The van der Waals surface area contributed by atoms with Crippen molar-refractivity contribution in [1.29, 1.82) is 0 Å².